The molecule has 25 heavy (non-hydrogen) atoms. The molecule has 0 aromatic heterocycles. The monoisotopic (exact) mass is 345 g/mol. The van der Waals surface area contributed by atoms with Crippen LogP contribution in [0.5, 0.6) is 0 Å². The molecule has 0 saturated heterocycles. The summed E-state index contributed by atoms with van der Waals surface area (Å²) in [7, 11) is 0. The van der Waals surface area contributed by atoms with Crippen LogP contribution in [0.25, 0.3) is 0 Å². The standard InChI is InChI=1S/C24H43N/c1-3-7-19(8-4-1)21-11-15-23(16-12-21)25-24-17-13-22(14-18-24)20-9-5-2-6-10-20/h19-25H,1-18H2. The molecule has 1 heteroatoms. The molecule has 0 bridgehead atoms. The third-order valence-electron chi connectivity index (χ3n) is 8.65. The molecule has 4 rings (SSSR count). The van der Waals surface area contributed by atoms with E-state index < -0.39 is 0 Å². The summed E-state index contributed by atoms with van der Waals surface area (Å²) < 4.78 is 0. The van der Waals surface area contributed by atoms with E-state index in [1.165, 1.54) is 89.9 Å². The van der Waals surface area contributed by atoms with Crippen molar-refractivity contribution in [3.05, 3.63) is 0 Å². The molecule has 4 fully saturated rings. The normalized spacial score (nSPS) is 39.4. The molecule has 4 aliphatic rings. The zero-order chi connectivity index (χ0) is 16.9. The Hall–Kier alpha value is -0.0400. The molecule has 0 aliphatic heterocycles. The van der Waals surface area contributed by atoms with E-state index in [1.807, 2.05) is 0 Å². The van der Waals surface area contributed by atoms with E-state index in [4.69, 9.17) is 0 Å². The highest BCUT2D eigenvalue weighted by molar-refractivity contribution is 4.87. The Balaban J connectivity index is 1.14. The highest BCUT2D eigenvalue weighted by Crippen LogP contribution is 2.40. The molecule has 0 atom stereocenters. The Morgan fingerprint density at radius 2 is 0.640 bits per heavy atom. The van der Waals surface area contributed by atoms with Gasteiger partial charge in [-0.3, -0.25) is 0 Å². The molecular weight excluding hydrogens is 302 g/mol. The zero-order valence-corrected chi connectivity index (χ0v) is 16.7. The summed E-state index contributed by atoms with van der Waals surface area (Å²) in [5, 5.41) is 4.10. The lowest BCUT2D eigenvalue weighted by Crippen LogP contribution is -2.43. The van der Waals surface area contributed by atoms with Crippen molar-refractivity contribution in [2.45, 2.75) is 128 Å². The average molecular weight is 346 g/mol. The first-order chi connectivity index (χ1) is 12.4. The van der Waals surface area contributed by atoms with Crippen LogP contribution in [-0.4, -0.2) is 12.1 Å². The van der Waals surface area contributed by atoms with Gasteiger partial charge in [0, 0.05) is 12.1 Å². The Morgan fingerprint density at radius 3 is 1.00 bits per heavy atom. The molecule has 144 valence electrons. The number of hydrogen-bond donors (Lipinski definition) is 1. The van der Waals surface area contributed by atoms with Crippen LogP contribution in [0.3, 0.4) is 0 Å². The first-order valence-electron chi connectivity index (χ1n) is 12.1. The SMILES string of the molecule is C1CCC(C2CCC(NC3CCC(C4CCCCC4)CC3)CC2)CC1. The van der Waals surface area contributed by atoms with E-state index in [2.05, 4.69) is 5.32 Å². The molecular formula is C24H43N. The van der Waals surface area contributed by atoms with Crippen LogP contribution in [0.1, 0.15) is 116 Å². The van der Waals surface area contributed by atoms with Crippen LogP contribution >= 0.6 is 0 Å². The third kappa shape index (κ3) is 5.02. The maximum Gasteiger partial charge on any atom is 0.00698 e. The van der Waals surface area contributed by atoms with Gasteiger partial charge in [0.2, 0.25) is 0 Å². The molecule has 1 N–H and O–H groups in total. The molecule has 4 aliphatic carbocycles. The summed E-state index contributed by atoms with van der Waals surface area (Å²) in [6.45, 7) is 0. The lowest BCUT2D eigenvalue weighted by Gasteiger charge is -2.40. The number of hydrogen-bond acceptors (Lipinski definition) is 1. The van der Waals surface area contributed by atoms with Crippen molar-refractivity contribution in [3.63, 3.8) is 0 Å². The first-order valence-corrected chi connectivity index (χ1v) is 12.1. The maximum absolute atomic E-state index is 4.10. The van der Waals surface area contributed by atoms with Gasteiger partial charge in [-0.05, 0) is 75.0 Å². The van der Waals surface area contributed by atoms with Gasteiger partial charge in [-0.25, -0.2) is 0 Å². The van der Waals surface area contributed by atoms with E-state index in [1.54, 1.807) is 25.7 Å². The van der Waals surface area contributed by atoms with Crippen LogP contribution in [0.4, 0.5) is 0 Å². The molecule has 0 amide bonds. The zero-order valence-electron chi connectivity index (χ0n) is 16.7. The number of nitrogens with one attached hydrogen (secondary N) is 1. The maximum atomic E-state index is 4.10. The van der Waals surface area contributed by atoms with Gasteiger partial charge < -0.3 is 5.32 Å². The molecule has 0 aromatic carbocycles. The van der Waals surface area contributed by atoms with Crippen molar-refractivity contribution in [1.82, 2.24) is 5.32 Å². The summed E-state index contributed by atoms with van der Waals surface area (Å²) in [5.41, 5.74) is 0. The average Bonchev–Trinajstić information content (AvgIpc) is 2.71. The van der Waals surface area contributed by atoms with E-state index in [-0.39, 0.29) is 0 Å². The van der Waals surface area contributed by atoms with Crippen LogP contribution < -0.4 is 5.32 Å². The Morgan fingerprint density at radius 1 is 0.320 bits per heavy atom. The van der Waals surface area contributed by atoms with Gasteiger partial charge in [-0.2, -0.15) is 0 Å². The van der Waals surface area contributed by atoms with E-state index in [9.17, 15) is 0 Å². The van der Waals surface area contributed by atoms with Gasteiger partial charge in [0.25, 0.3) is 0 Å². The third-order valence-corrected chi connectivity index (χ3v) is 8.65. The van der Waals surface area contributed by atoms with Crippen molar-refractivity contribution in [1.29, 1.82) is 0 Å². The Bertz CT molecular complexity index is 328. The van der Waals surface area contributed by atoms with Gasteiger partial charge in [0.15, 0.2) is 0 Å². The number of rotatable bonds is 4. The fourth-order valence-electron chi connectivity index (χ4n) is 7.06. The highest BCUT2D eigenvalue weighted by atomic mass is 15.0. The summed E-state index contributed by atoms with van der Waals surface area (Å²) >= 11 is 0. The summed E-state index contributed by atoms with van der Waals surface area (Å²) in [5.74, 6) is 4.36. The molecule has 0 heterocycles. The van der Waals surface area contributed by atoms with Crippen LogP contribution in [0.2, 0.25) is 0 Å². The minimum Gasteiger partial charge on any atom is -0.311 e. The second kappa shape index (κ2) is 9.25. The molecule has 0 unspecified atom stereocenters. The topological polar surface area (TPSA) is 12.0 Å². The summed E-state index contributed by atoms with van der Waals surface area (Å²) in [6.07, 6.45) is 27.3. The molecule has 4 saturated carbocycles. The molecule has 0 radical (unpaired) electrons. The van der Waals surface area contributed by atoms with Crippen molar-refractivity contribution in [2.24, 2.45) is 23.7 Å². The van der Waals surface area contributed by atoms with Crippen molar-refractivity contribution in [3.8, 4) is 0 Å². The molecule has 0 spiro atoms. The van der Waals surface area contributed by atoms with Crippen molar-refractivity contribution >= 4 is 0 Å². The minimum atomic E-state index is 0.857. The molecule has 0 aromatic rings. The molecule has 1 nitrogen and oxygen atoms in total. The fraction of sp³-hybridized carbons (Fsp3) is 1.00. The minimum absolute atomic E-state index is 0.857. The van der Waals surface area contributed by atoms with Crippen molar-refractivity contribution in [2.75, 3.05) is 0 Å². The summed E-state index contributed by atoms with van der Waals surface area (Å²) in [6, 6.07) is 1.71. The van der Waals surface area contributed by atoms with E-state index in [0.717, 1.165) is 35.8 Å². The van der Waals surface area contributed by atoms with Gasteiger partial charge in [0.1, 0.15) is 0 Å². The van der Waals surface area contributed by atoms with Gasteiger partial charge in [-0.15, -0.1) is 0 Å². The van der Waals surface area contributed by atoms with Crippen molar-refractivity contribution < 1.29 is 0 Å². The second-order valence-corrected chi connectivity index (χ2v) is 10.2. The fourth-order valence-corrected chi connectivity index (χ4v) is 7.06. The van der Waals surface area contributed by atoms with Gasteiger partial charge >= 0.3 is 0 Å². The van der Waals surface area contributed by atoms with E-state index in [0.29, 0.717) is 0 Å². The lowest BCUT2D eigenvalue weighted by atomic mass is 9.71. The predicted molar refractivity (Wildman–Crippen MR) is 108 cm³/mol. The Kier molecular flexibility index (Phi) is 6.78. The largest absolute Gasteiger partial charge is 0.311 e. The van der Waals surface area contributed by atoms with Gasteiger partial charge in [-0.1, -0.05) is 64.2 Å². The quantitative estimate of drug-likeness (QED) is 0.587. The Labute approximate surface area is 157 Å². The first kappa shape index (κ1) is 18.3. The van der Waals surface area contributed by atoms with Crippen LogP contribution in [-0.2, 0) is 0 Å². The highest BCUT2D eigenvalue weighted by Gasteiger charge is 2.32. The van der Waals surface area contributed by atoms with Crippen LogP contribution in [0, 0.1) is 23.7 Å². The van der Waals surface area contributed by atoms with Gasteiger partial charge in [0.05, 0.1) is 0 Å². The lowest BCUT2D eigenvalue weighted by molar-refractivity contribution is 0.149. The summed E-state index contributed by atoms with van der Waals surface area (Å²) in [4.78, 5) is 0. The second-order valence-electron chi connectivity index (χ2n) is 10.2. The smallest absolute Gasteiger partial charge is 0.00698 e. The predicted octanol–water partition coefficient (Wildman–Crippen LogP) is 6.85. The van der Waals surface area contributed by atoms with E-state index >= 15 is 0 Å². The van der Waals surface area contributed by atoms with Crippen LogP contribution in [0.15, 0.2) is 0 Å².